The smallest absolute Gasteiger partial charge is 0.409 e. The summed E-state index contributed by atoms with van der Waals surface area (Å²) in [6.07, 6.45) is 5.19. The van der Waals surface area contributed by atoms with Crippen LogP contribution in [-0.4, -0.2) is 48.8 Å². The Morgan fingerprint density at radius 2 is 2.04 bits per heavy atom. The molecule has 1 aromatic rings. The van der Waals surface area contributed by atoms with E-state index in [1.54, 1.807) is 17.2 Å². The van der Waals surface area contributed by atoms with E-state index in [4.69, 9.17) is 4.74 Å². The second-order valence-corrected chi connectivity index (χ2v) is 5.70. The quantitative estimate of drug-likeness (QED) is 0.616. The minimum atomic E-state index is -0.429. The Labute approximate surface area is 136 Å². The van der Waals surface area contributed by atoms with Crippen molar-refractivity contribution in [2.45, 2.75) is 38.5 Å². The molecule has 0 aliphatic carbocycles. The fourth-order valence-electron chi connectivity index (χ4n) is 2.66. The molecule has 0 aromatic carbocycles. The molecule has 1 amide bonds. The molecule has 2 rings (SSSR count). The first kappa shape index (κ1) is 17.2. The lowest BCUT2D eigenvalue weighted by Crippen LogP contribution is -2.38. The van der Waals surface area contributed by atoms with Gasteiger partial charge in [0.2, 0.25) is 0 Å². The van der Waals surface area contributed by atoms with E-state index in [1.807, 2.05) is 6.07 Å². The molecule has 1 aromatic heterocycles. The second-order valence-electron chi connectivity index (χ2n) is 5.70. The zero-order valence-corrected chi connectivity index (χ0v) is 13.8. The third-order valence-corrected chi connectivity index (χ3v) is 4.13. The van der Waals surface area contributed by atoms with Crippen LogP contribution in [0.5, 0.6) is 0 Å². The minimum Gasteiger partial charge on any atom is -0.464 e. The molecule has 0 bridgehead atoms. The van der Waals surface area contributed by atoms with E-state index < -0.39 is 5.97 Å². The maximum absolute atomic E-state index is 11.9. The number of hydrogen-bond acceptors (Lipinski definition) is 5. The Morgan fingerprint density at radius 3 is 2.61 bits per heavy atom. The van der Waals surface area contributed by atoms with E-state index in [0.717, 1.165) is 31.2 Å². The Morgan fingerprint density at radius 1 is 1.30 bits per heavy atom. The Balaban J connectivity index is 1.84. The highest BCUT2D eigenvalue weighted by Crippen LogP contribution is 2.27. The SMILES string of the molecule is CCCCOC(=O)N1CCC(c2ccc(C(=O)OC)nc2)CC1. The van der Waals surface area contributed by atoms with Crippen molar-refractivity contribution in [2.24, 2.45) is 0 Å². The van der Waals surface area contributed by atoms with Crippen molar-refractivity contribution in [2.75, 3.05) is 26.8 Å². The molecule has 23 heavy (non-hydrogen) atoms. The van der Waals surface area contributed by atoms with Gasteiger partial charge in [-0.15, -0.1) is 0 Å². The number of carbonyl (C=O) groups is 2. The summed E-state index contributed by atoms with van der Waals surface area (Å²) in [5.74, 6) is -0.0740. The predicted octanol–water partition coefficient (Wildman–Crippen LogP) is 2.98. The average Bonchev–Trinajstić information content (AvgIpc) is 2.61. The molecule has 0 atom stereocenters. The molecule has 1 aliphatic heterocycles. The number of pyridine rings is 1. The first-order valence-electron chi connectivity index (χ1n) is 8.11. The number of methoxy groups -OCH3 is 1. The number of piperidine rings is 1. The summed E-state index contributed by atoms with van der Waals surface area (Å²) < 4.78 is 9.88. The molecule has 1 aliphatic rings. The van der Waals surface area contributed by atoms with Gasteiger partial charge in [-0.2, -0.15) is 0 Å². The van der Waals surface area contributed by atoms with Crippen LogP contribution in [0.25, 0.3) is 0 Å². The van der Waals surface area contributed by atoms with Gasteiger partial charge in [0.15, 0.2) is 0 Å². The fourth-order valence-corrected chi connectivity index (χ4v) is 2.66. The van der Waals surface area contributed by atoms with Crippen molar-refractivity contribution >= 4 is 12.1 Å². The predicted molar refractivity (Wildman–Crippen MR) is 85.4 cm³/mol. The third kappa shape index (κ3) is 4.68. The number of esters is 1. The van der Waals surface area contributed by atoms with Crippen LogP contribution in [0.4, 0.5) is 4.79 Å². The van der Waals surface area contributed by atoms with E-state index in [-0.39, 0.29) is 6.09 Å². The van der Waals surface area contributed by atoms with Gasteiger partial charge in [-0.05, 0) is 36.8 Å². The zero-order chi connectivity index (χ0) is 16.7. The molecule has 6 nitrogen and oxygen atoms in total. The standard InChI is InChI=1S/C17H24N2O4/c1-3-4-11-23-17(21)19-9-7-13(8-10-19)14-5-6-15(18-12-14)16(20)22-2/h5-6,12-13H,3-4,7-11H2,1-2H3. The lowest BCUT2D eigenvalue weighted by molar-refractivity contribution is 0.0593. The number of ether oxygens (including phenoxy) is 2. The summed E-state index contributed by atoms with van der Waals surface area (Å²) in [5, 5.41) is 0. The highest BCUT2D eigenvalue weighted by Gasteiger charge is 2.25. The van der Waals surface area contributed by atoms with Gasteiger partial charge >= 0.3 is 12.1 Å². The van der Waals surface area contributed by atoms with Crippen LogP contribution in [0.3, 0.4) is 0 Å². The number of rotatable bonds is 5. The van der Waals surface area contributed by atoms with Crippen molar-refractivity contribution in [3.8, 4) is 0 Å². The molecule has 1 saturated heterocycles. The van der Waals surface area contributed by atoms with Crippen LogP contribution in [-0.2, 0) is 9.47 Å². The average molecular weight is 320 g/mol. The highest BCUT2D eigenvalue weighted by atomic mass is 16.6. The summed E-state index contributed by atoms with van der Waals surface area (Å²) in [7, 11) is 1.34. The van der Waals surface area contributed by atoms with Gasteiger partial charge in [-0.3, -0.25) is 0 Å². The van der Waals surface area contributed by atoms with Gasteiger partial charge in [0.25, 0.3) is 0 Å². The van der Waals surface area contributed by atoms with E-state index >= 15 is 0 Å². The molecular weight excluding hydrogens is 296 g/mol. The minimum absolute atomic E-state index is 0.212. The number of nitrogens with zero attached hydrogens (tertiary/aromatic N) is 2. The third-order valence-electron chi connectivity index (χ3n) is 4.13. The molecule has 2 heterocycles. The molecule has 126 valence electrons. The summed E-state index contributed by atoms with van der Waals surface area (Å²) in [5.41, 5.74) is 1.41. The lowest BCUT2D eigenvalue weighted by Gasteiger charge is -2.31. The monoisotopic (exact) mass is 320 g/mol. The van der Waals surface area contributed by atoms with Crippen molar-refractivity contribution in [3.63, 3.8) is 0 Å². The second kappa shape index (κ2) is 8.50. The van der Waals surface area contributed by atoms with Crippen LogP contribution >= 0.6 is 0 Å². The van der Waals surface area contributed by atoms with Crippen LogP contribution in [0.2, 0.25) is 0 Å². The molecule has 1 fully saturated rings. The summed E-state index contributed by atoms with van der Waals surface area (Å²) >= 11 is 0. The molecule has 0 saturated carbocycles. The van der Waals surface area contributed by atoms with Gasteiger partial charge in [0.1, 0.15) is 5.69 Å². The number of hydrogen-bond donors (Lipinski definition) is 0. The topological polar surface area (TPSA) is 68.7 Å². The first-order chi connectivity index (χ1) is 11.2. The Hall–Kier alpha value is -2.11. The maximum Gasteiger partial charge on any atom is 0.409 e. The van der Waals surface area contributed by atoms with Crippen molar-refractivity contribution in [3.05, 3.63) is 29.6 Å². The Kier molecular flexibility index (Phi) is 6.38. The van der Waals surface area contributed by atoms with Gasteiger partial charge in [-0.25, -0.2) is 14.6 Å². The largest absolute Gasteiger partial charge is 0.464 e. The van der Waals surface area contributed by atoms with Crippen LogP contribution in [0.1, 0.15) is 54.6 Å². The van der Waals surface area contributed by atoms with Gasteiger partial charge in [-0.1, -0.05) is 19.4 Å². The number of unbranched alkanes of at least 4 members (excludes halogenated alkanes) is 1. The fraction of sp³-hybridized carbons (Fsp3) is 0.588. The summed E-state index contributed by atoms with van der Waals surface area (Å²) in [4.78, 5) is 29.2. The number of carbonyl (C=O) groups excluding carboxylic acids is 2. The number of amides is 1. The van der Waals surface area contributed by atoms with Gasteiger partial charge < -0.3 is 14.4 Å². The zero-order valence-electron chi connectivity index (χ0n) is 13.8. The molecule has 0 N–H and O–H groups in total. The normalized spacial score (nSPS) is 15.3. The molecule has 0 spiro atoms. The van der Waals surface area contributed by atoms with E-state index in [9.17, 15) is 9.59 Å². The van der Waals surface area contributed by atoms with Gasteiger partial charge in [0.05, 0.1) is 13.7 Å². The summed E-state index contributed by atoms with van der Waals surface area (Å²) in [6.45, 7) is 3.94. The van der Waals surface area contributed by atoms with E-state index in [2.05, 4.69) is 16.6 Å². The first-order valence-corrected chi connectivity index (χ1v) is 8.11. The molecule has 0 radical (unpaired) electrons. The summed E-state index contributed by atoms with van der Waals surface area (Å²) in [6, 6.07) is 3.60. The van der Waals surface area contributed by atoms with Crippen molar-refractivity contribution in [1.29, 1.82) is 0 Å². The number of likely N-dealkylation sites (tertiary alicyclic amines) is 1. The van der Waals surface area contributed by atoms with E-state index in [1.165, 1.54) is 7.11 Å². The molecule has 0 unspecified atom stereocenters. The van der Waals surface area contributed by atoms with Crippen LogP contribution < -0.4 is 0 Å². The van der Waals surface area contributed by atoms with Crippen molar-refractivity contribution < 1.29 is 19.1 Å². The van der Waals surface area contributed by atoms with Gasteiger partial charge in [0, 0.05) is 19.3 Å². The van der Waals surface area contributed by atoms with E-state index in [0.29, 0.717) is 31.3 Å². The number of aromatic nitrogens is 1. The maximum atomic E-state index is 11.9. The lowest BCUT2D eigenvalue weighted by atomic mass is 9.90. The Bertz CT molecular complexity index is 522. The molecule has 6 heteroatoms. The van der Waals surface area contributed by atoms with Crippen LogP contribution in [0, 0.1) is 0 Å². The van der Waals surface area contributed by atoms with Crippen LogP contribution in [0.15, 0.2) is 18.3 Å². The van der Waals surface area contributed by atoms with Crippen molar-refractivity contribution in [1.82, 2.24) is 9.88 Å². The highest BCUT2D eigenvalue weighted by molar-refractivity contribution is 5.87. The molecular formula is C17H24N2O4.